The molecule has 0 spiro atoms. The molecule has 2 aromatic rings. The lowest BCUT2D eigenvalue weighted by Gasteiger charge is -2.34. The van der Waals surface area contributed by atoms with Gasteiger partial charge >= 0.3 is 13.9 Å². The van der Waals surface area contributed by atoms with Crippen LogP contribution in [0.15, 0.2) is 59.6 Å². The second kappa shape index (κ2) is 10.5. The van der Waals surface area contributed by atoms with Gasteiger partial charge < -0.3 is 14.4 Å². The zero-order valence-electron chi connectivity index (χ0n) is 19.0. The number of imide groups is 1. The summed E-state index contributed by atoms with van der Waals surface area (Å²) in [6.07, 6.45) is -0.935. The standard InChI is InChI=1S/C24H24BrN2O8P/c25-10-9-16-12-27(24(30)26-23(16)29)21-11-19(28)20(34-21)14-33-36(31)32-13-17-7-4-8-18(22(17)35-36)15-5-2-1-3-6-15/h1-10,16,19-21,28H,11-14H2,(H,26,29,30)/b10-9+/t16?,19-,20+,21+,36-/m0/s1. The summed E-state index contributed by atoms with van der Waals surface area (Å²) in [5.41, 5.74) is 2.39. The van der Waals surface area contributed by atoms with Gasteiger partial charge in [-0.3, -0.25) is 24.1 Å². The maximum Gasteiger partial charge on any atom is 0.530 e. The Bertz CT molecular complexity index is 1230. The summed E-state index contributed by atoms with van der Waals surface area (Å²) in [7, 11) is -4.01. The number of hydrogen-bond donors (Lipinski definition) is 2. The van der Waals surface area contributed by atoms with E-state index in [1.54, 1.807) is 11.1 Å². The fraction of sp³-hybridized carbons (Fsp3) is 0.333. The number of phosphoric ester groups is 1. The maximum absolute atomic E-state index is 13.3. The van der Waals surface area contributed by atoms with Crippen molar-refractivity contribution in [1.82, 2.24) is 10.2 Å². The lowest BCUT2D eigenvalue weighted by molar-refractivity contribution is -0.127. The third-order valence-electron chi connectivity index (χ3n) is 6.24. The summed E-state index contributed by atoms with van der Waals surface area (Å²) in [5, 5.41) is 12.8. The molecule has 3 amide bonds. The van der Waals surface area contributed by atoms with E-state index in [-0.39, 0.29) is 26.2 Å². The molecule has 5 atom stereocenters. The number of nitrogens with zero attached hydrogens (tertiary/aromatic N) is 1. The van der Waals surface area contributed by atoms with E-state index in [2.05, 4.69) is 21.2 Å². The van der Waals surface area contributed by atoms with Crippen molar-refractivity contribution in [2.45, 2.75) is 31.5 Å². The van der Waals surface area contributed by atoms with Gasteiger partial charge in [-0.15, -0.1) is 0 Å². The van der Waals surface area contributed by atoms with Crippen LogP contribution in [0.5, 0.6) is 5.75 Å². The van der Waals surface area contributed by atoms with Gasteiger partial charge in [-0.25, -0.2) is 9.36 Å². The molecule has 0 aliphatic carbocycles. The van der Waals surface area contributed by atoms with Crippen molar-refractivity contribution in [2.24, 2.45) is 5.92 Å². The van der Waals surface area contributed by atoms with Crippen LogP contribution in [0, 0.1) is 5.92 Å². The predicted molar refractivity (Wildman–Crippen MR) is 132 cm³/mol. The number of rotatable bonds is 6. The molecular weight excluding hydrogens is 555 g/mol. The van der Waals surface area contributed by atoms with Gasteiger partial charge in [0.1, 0.15) is 18.1 Å². The second-order valence-electron chi connectivity index (χ2n) is 8.57. The molecule has 2 fully saturated rings. The largest absolute Gasteiger partial charge is 0.530 e. The first-order valence-electron chi connectivity index (χ1n) is 11.3. The number of benzene rings is 2. The molecule has 2 aromatic carbocycles. The summed E-state index contributed by atoms with van der Waals surface area (Å²) in [6, 6.07) is 14.5. The normalized spacial score (nSPS) is 30.2. The van der Waals surface area contributed by atoms with Gasteiger partial charge in [0.25, 0.3) is 0 Å². The van der Waals surface area contributed by atoms with Crippen molar-refractivity contribution in [3.05, 3.63) is 65.2 Å². The number of aliphatic hydroxyl groups excluding tert-OH is 1. The highest BCUT2D eigenvalue weighted by molar-refractivity contribution is 9.11. The molecule has 3 aliphatic heterocycles. The highest BCUT2D eigenvalue weighted by Gasteiger charge is 2.44. The Morgan fingerprint density at radius 2 is 2.00 bits per heavy atom. The Morgan fingerprint density at radius 1 is 1.19 bits per heavy atom. The first-order valence-corrected chi connectivity index (χ1v) is 13.7. The van der Waals surface area contributed by atoms with Gasteiger partial charge in [-0.05, 0) is 10.5 Å². The SMILES string of the molecule is O=C1NC(=O)N([C@H]2C[C@H](O)[C@@H](CO[P@]3(=O)OCc4cccc(-c5ccccc5)c4O3)O2)CC1/C=C/Br. The minimum atomic E-state index is -4.01. The summed E-state index contributed by atoms with van der Waals surface area (Å²) in [5.74, 6) is -0.549. The molecule has 36 heavy (non-hydrogen) atoms. The fourth-order valence-corrected chi connectivity index (χ4v) is 5.97. The number of aliphatic hydroxyl groups is 1. The van der Waals surface area contributed by atoms with Crippen LogP contribution < -0.4 is 9.84 Å². The Kier molecular flexibility index (Phi) is 7.30. The van der Waals surface area contributed by atoms with E-state index in [1.165, 1.54) is 4.90 Å². The molecule has 0 aromatic heterocycles. The van der Waals surface area contributed by atoms with E-state index in [4.69, 9.17) is 18.3 Å². The first kappa shape index (κ1) is 25.1. The fourth-order valence-electron chi connectivity index (χ4n) is 4.36. The number of amides is 3. The number of carbonyl (C=O) groups excluding carboxylic acids is 2. The van der Waals surface area contributed by atoms with Gasteiger partial charge in [-0.2, -0.15) is 0 Å². The topological polar surface area (TPSA) is 124 Å². The van der Waals surface area contributed by atoms with Crippen LogP contribution >= 0.6 is 23.8 Å². The molecule has 0 radical (unpaired) electrons. The highest BCUT2D eigenvalue weighted by Crippen LogP contribution is 2.56. The van der Waals surface area contributed by atoms with E-state index in [1.807, 2.05) is 48.5 Å². The van der Waals surface area contributed by atoms with Crippen LogP contribution in [0.3, 0.4) is 0 Å². The van der Waals surface area contributed by atoms with Crippen molar-refractivity contribution in [3.8, 4) is 16.9 Å². The molecule has 190 valence electrons. The summed E-state index contributed by atoms with van der Waals surface area (Å²) >= 11 is 3.14. The minimum absolute atomic E-state index is 0.0362. The number of hydrogen-bond acceptors (Lipinski definition) is 8. The molecule has 3 heterocycles. The molecule has 12 heteroatoms. The van der Waals surface area contributed by atoms with Crippen molar-refractivity contribution in [2.75, 3.05) is 13.2 Å². The van der Waals surface area contributed by atoms with Gasteiger partial charge in [0.15, 0.2) is 0 Å². The van der Waals surface area contributed by atoms with Crippen LogP contribution in [0.4, 0.5) is 4.79 Å². The average Bonchev–Trinajstić information content (AvgIpc) is 3.25. The van der Waals surface area contributed by atoms with Gasteiger partial charge in [-0.1, -0.05) is 70.5 Å². The number of carbonyl (C=O) groups is 2. The van der Waals surface area contributed by atoms with Gasteiger partial charge in [0.2, 0.25) is 5.91 Å². The third-order valence-corrected chi connectivity index (χ3v) is 7.86. The van der Waals surface area contributed by atoms with Crippen molar-refractivity contribution < 1.29 is 37.6 Å². The number of nitrogens with one attached hydrogen (secondary N) is 1. The highest BCUT2D eigenvalue weighted by atomic mass is 79.9. The van der Waals surface area contributed by atoms with E-state index >= 15 is 0 Å². The molecule has 10 nitrogen and oxygen atoms in total. The first-order chi connectivity index (χ1) is 17.4. The van der Waals surface area contributed by atoms with Crippen molar-refractivity contribution >= 4 is 35.7 Å². The summed E-state index contributed by atoms with van der Waals surface area (Å²) in [4.78, 5) is 27.3. The number of urea groups is 1. The Labute approximate surface area is 215 Å². The number of para-hydroxylation sites is 1. The number of ether oxygens (including phenoxy) is 1. The predicted octanol–water partition coefficient (Wildman–Crippen LogP) is 3.94. The van der Waals surface area contributed by atoms with E-state index in [0.717, 1.165) is 16.7 Å². The third kappa shape index (κ3) is 5.13. The minimum Gasteiger partial charge on any atom is -0.403 e. The summed E-state index contributed by atoms with van der Waals surface area (Å²) < 4.78 is 35.9. The van der Waals surface area contributed by atoms with Crippen molar-refractivity contribution in [3.63, 3.8) is 0 Å². The maximum atomic E-state index is 13.3. The zero-order chi connectivity index (χ0) is 25.3. The average molecular weight is 579 g/mol. The zero-order valence-corrected chi connectivity index (χ0v) is 21.5. The summed E-state index contributed by atoms with van der Waals surface area (Å²) in [6.45, 7) is -0.146. The van der Waals surface area contributed by atoms with Crippen molar-refractivity contribution in [1.29, 1.82) is 0 Å². The Balaban J connectivity index is 1.25. The lowest BCUT2D eigenvalue weighted by Crippen LogP contribution is -2.57. The smallest absolute Gasteiger partial charge is 0.403 e. The quantitative estimate of drug-likeness (QED) is 0.494. The number of fused-ring (bicyclic) bond motifs is 1. The molecule has 1 unspecified atom stereocenters. The number of phosphoric acid groups is 1. The van der Waals surface area contributed by atoms with Crippen LogP contribution in [0.1, 0.15) is 12.0 Å². The Hall–Kier alpha value is -2.53. The molecule has 2 N–H and O–H groups in total. The number of halogens is 1. The van der Waals surface area contributed by atoms with Gasteiger partial charge in [0.05, 0.1) is 25.2 Å². The molecule has 0 saturated carbocycles. The monoisotopic (exact) mass is 578 g/mol. The molecule has 2 saturated heterocycles. The van der Waals surface area contributed by atoms with Crippen LogP contribution in [0.2, 0.25) is 0 Å². The van der Waals surface area contributed by atoms with Gasteiger partial charge in [0, 0.05) is 24.1 Å². The molecule has 0 bridgehead atoms. The molecular formula is C24H24BrN2O8P. The molecule has 3 aliphatic rings. The van der Waals surface area contributed by atoms with Crippen LogP contribution in [0.25, 0.3) is 11.1 Å². The lowest BCUT2D eigenvalue weighted by atomic mass is 10.0. The molecule has 5 rings (SSSR count). The van der Waals surface area contributed by atoms with E-state index < -0.39 is 44.1 Å². The Morgan fingerprint density at radius 3 is 2.78 bits per heavy atom. The van der Waals surface area contributed by atoms with Crippen LogP contribution in [-0.4, -0.2) is 53.5 Å². The van der Waals surface area contributed by atoms with Crippen LogP contribution in [-0.2, 0) is 29.8 Å². The van der Waals surface area contributed by atoms with E-state index in [9.17, 15) is 19.3 Å². The van der Waals surface area contributed by atoms with E-state index in [0.29, 0.717) is 5.75 Å². The second-order valence-corrected chi connectivity index (χ2v) is 10.7.